The normalized spacial score (nSPS) is 11.4. The van der Waals surface area contributed by atoms with Gasteiger partial charge in [0.1, 0.15) is 0 Å². The minimum absolute atomic E-state index is 0.990. The highest BCUT2D eigenvalue weighted by atomic mass is 32.2. The first-order valence-corrected chi connectivity index (χ1v) is 6.73. The predicted octanol–water partition coefficient (Wildman–Crippen LogP) is 4.47. The lowest BCUT2D eigenvalue weighted by Crippen LogP contribution is -2.06. The Kier molecular flexibility index (Phi) is 7.02. The van der Waals surface area contributed by atoms with Crippen LogP contribution >= 0.6 is 11.9 Å². The van der Waals surface area contributed by atoms with E-state index in [2.05, 4.69) is 60.1 Å². The molecule has 0 heterocycles. The van der Waals surface area contributed by atoms with Crippen LogP contribution in [0.2, 0.25) is 0 Å². The number of allylic oxidation sites excluding steroid dienone is 1. The Morgan fingerprint density at radius 2 is 2.00 bits per heavy atom. The number of rotatable bonds is 7. The Bertz CT molecular complexity index is 295. The minimum Gasteiger partial charge on any atom is -0.246 e. The van der Waals surface area contributed by atoms with Crippen molar-refractivity contribution in [3.63, 3.8) is 0 Å². The van der Waals surface area contributed by atoms with Crippen molar-refractivity contribution in [1.82, 2.24) is 4.31 Å². The van der Waals surface area contributed by atoms with Crippen LogP contribution in [0.15, 0.2) is 41.8 Å². The molecule has 0 amide bonds. The van der Waals surface area contributed by atoms with Crippen LogP contribution < -0.4 is 0 Å². The van der Waals surface area contributed by atoms with E-state index in [1.54, 1.807) is 11.9 Å². The maximum absolute atomic E-state index is 2.26. The molecule has 88 valence electrons. The van der Waals surface area contributed by atoms with E-state index in [1.807, 2.05) is 0 Å². The summed E-state index contributed by atoms with van der Waals surface area (Å²) in [6, 6.07) is 10.6. The quantitative estimate of drug-likeness (QED) is 0.506. The first-order chi connectivity index (χ1) is 7.83. The van der Waals surface area contributed by atoms with Crippen molar-refractivity contribution in [3.8, 4) is 0 Å². The molecule has 0 aliphatic heterocycles. The highest BCUT2D eigenvalue weighted by Crippen LogP contribution is 2.13. The number of nitrogens with zero attached hydrogens (tertiary/aromatic N) is 1. The molecule has 0 N–H and O–H groups in total. The van der Waals surface area contributed by atoms with Gasteiger partial charge in [-0.3, -0.25) is 0 Å². The molecule has 0 saturated carbocycles. The maximum atomic E-state index is 2.26. The lowest BCUT2D eigenvalue weighted by Gasteiger charge is -2.12. The summed E-state index contributed by atoms with van der Waals surface area (Å²) in [6.07, 6.45) is 6.02. The zero-order valence-corrected chi connectivity index (χ0v) is 11.0. The average molecular weight is 235 g/mol. The molecule has 2 heteroatoms. The second kappa shape index (κ2) is 8.43. The molecule has 0 unspecified atom stereocenters. The summed E-state index contributed by atoms with van der Waals surface area (Å²) in [7, 11) is 2.13. The van der Waals surface area contributed by atoms with E-state index in [0.717, 1.165) is 6.54 Å². The summed E-state index contributed by atoms with van der Waals surface area (Å²) in [4.78, 5) is 0. The molecule has 0 fully saturated rings. The summed E-state index contributed by atoms with van der Waals surface area (Å²) in [5.41, 5.74) is 1.36. The van der Waals surface area contributed by atoms with Gasteiger partial charge < -0.3 is 0 Å². The van der Waals surface area contributed by atoms with Gasteiger partial charge in [-0.2, -0.15) is 0 Å². The largest absolute Gasteiger partial charge is 0.246 e. The lowest BCUT2D eigenvalue weighted by molar-refractivity contribution is 0.568. The fourth-order valence-electron chi connectivity index (χ4n) is 1.41. The number of unbranched alkanes of at least 4 members (excludes halogenated alkanes) is 2. The SMILES string of the molecule is CCCC/C=C/SN(C)Cc1ccccc1. The molecule has 1 nitrogen and oxygen atoms in total. The van der Waals surface area contributed by atoms with E-state index in [0.29, 0.717) is 0 Å². The molecular formula is C14H21NS. The van der Waals surface area contributed by atoms with Crippen molar-refractivity contribution in [1.29, 1.82) is 0 Å². The van der Waals surface area contributed by atoms with Gasteiger partial charge in [0.15, 0.2) is 0 Å². The Hall–Kier alpha value is -0.730. The van der Waals surface area contributed by atoms with E-state index in [-0.39, 0.29) is 0 Å². The van der Waals surface area contributed by atoms with Gasteiger partial charge in [0.2, 0.25) is 0 Å². The second-order valence-electron chi connectivity index (χ2n) is 3.89. The summed E-state index contributed by atoms with van der Waals surface area (Å²) < 4.78 is 2.25. The predicted molar refractivity (Wildman–Crippen MR) is 74.2 cm³/mol. The summed E-state index contributed by atoms with van der Waals surface area (Å²) in [5.74, 6) is 0. The van der Waals surface area contributed by atoms with Gasteiger partial charge in [-0.25, -0.2) is 4.31 Å². The first kappa shape index (κ1) is 13.3. The third kappa shape index (κ3) is 5.99. The fraction of sp³-hybridized carbons (Fsp3) is 0.429. The molecule has 0 spiro atoms. The molecule has 0 aliphatic carbocycles. The number of hydrogen-bond acceptors (Lipinski definition) is 2. The van der Waals surface area contributed by atoms with Crippen LogP contribution in [0.1, 0.15) is 31.7 Å². The minimum atomic E-state index is 0.990. The molecule has 16 heavy (non-hydrogen) atoms. The van der Waals surface area contributed by atoms with Crippen molar-refractivity contribution in [2.24, 2.45) is 0 Å². The highest BCUT2D eigenvalue weighted by Gasteiger charge is 1.97. The molecule has 0 bridgehead atoms. The third-order valence-electron chi connectivity index (χ3n) is 2.31. The molecule has 1 rings (SSSR count). The van der Waals surface area contributed by atoms with Crippen molar-refractivity contribution in [3.05, 3.63) is 47.4 Å². The van der Waals surface area contributed by atoms with Crippen molar-refractivity contribution < 1.29 is 0 Å². The van der Waals surface area contributed by atoms with E-state index >= 15 is 0 Å². The second-order valence-corrected chi connectivity index (χ2v) is 5.00. The summed E-state index contributed by atoms with van der Waals surface area (Å²) in [6.45, 7) is 3.21. The first-order valence-electron chi connectivity index (χ1n) is 5.89. The molecule has 0 atom stereocenters. The van der Waals surface area contributed by atoms with Crippen LogP contribution in [0, 0.1) is 0 Å². The summed E-state index contributed by atoms with van der Waals surface area (Å²) in [5, 5.41) is 2.19. The van der Waals surface area contributed by atoms with Crippen molar-refractivity contribution >= 4 is 11.9 Å². The topological polar surface area (TPSA) is 3.24 Å². The van der Waals surface area contributed by atoms with Crippen LogP contribution in [0.3, 0.4) is 0 Å². The lowest BCUT2D eigenvalue weighted by atomic mass is 10.2. The highest BCUT2D eigenvalue weighted by molar-refractivity contribution is 7.99. The molecule has 0 aromatic heterocycles. The third-order valence-corrected chi connectivity index (χ3v) is 3.11. The van der Waals surface area contributed by atoms with Gasteiger partial charge in [0, 0.05) is 6.54 Å². The van der Waals surface area contributed by atoms with Gasteiger partial charge in [0.25, 0.3) is 0 Å². The molecule has 0 radical (unpaired) electrons. The Labute approximate surface area is 104 Å². The van der Waals surface area contributed by atoms with Crippen LogP contribution in [0.5, 0.6) is 0 Å². The number of benzene rings is 1. The van der Waals surface area contributed by atoms with E-state index < -0.39 is 0 Å². The standard InChI is InChI=1S/C14H21NS/c1-3-4-5-9-12-16-15(2)13-14-10-7-6-8-11-14/h6-12H,3-5,13H2,1-2H3/b12-9+. The van der Waals surface area contributed by atoms with Crippen LogP contribution in [0.4, 0.5) is 0 Å². The van der Waals surface area contributed by atoms with Gasteiger partial charge in [-0.1, -0.05) is 68.1 Å². The van der Waals surface area contributed by atoms with E-state index in [1.165, 1.54) is 24.8 Å². The monoisotopic (exact) mass is 235 g/mol. The molecular weight excluding hydrogens is 214 g/mol. The van der Waals surface area contributed by atoms with Crippen molar-refractivity contribution in [2.75, 3.05) is 7.05 Å². The van der Waals surface area contributed by atoms with Crippen LogP contribution in [0.25, 0.3) is 0 Å². The Balaban J connectivity index is 2.21. The zero-order valence-electron chi connectivity index (χ0n) is 10.2. The van der Waals surface area contributed by atoms with E-state index in [4.69, 9.17) is 0 Å². The van der Waals surface area contributed by atoms with Gasteiger partial charge in [-0.15, -0.1) is 0 Å². The number of hydrogen-bond donors (Lipinski definition) is 0. The Morgan fingerprint density at radius 1 is 1.25 bits per heavy atom. The Morgan fingerprint density at radius 3 is 2.69 bits per heavy atom. The average Bonchev–Trinajstić information content (AvgIpc) is 2.30. The molecule has 0 aliphatic rings. The van der Waals surface area contributed by atoms with Gasteiger partial charge in [0.05, 0.1) is 0 Å². The smallest absolute Gasteiger partial charge is 0.0340 e. The van der Waals surface area contributed by atoms with Gasteiger partial charge in [-0.05, 0) is 24.4 Å². The van der Waals surface area contributed by atoms with Crippen LogP contribution in [-0.2, 0) is 6.54 Å². The zero-order chi connectivity index (χ0) is 11.6. The van der Waals surface area contributed by atoms with Crippen LogP contribution in [-0.4, -0.2) is 11.4 Å². The molecule has 0 saturated heterocycles. The molecule has 1 aromatic carbocycles. The maximum Gasteiger partial charge on any atom is 0.0340 e. The van der Waals surface area contributed by atoms with E-state index in [9.17, 15) is 0 Å². The van der Waals surface area contributed by atoms with Gasteiger partial charge >= 0.3 is 0 Å². The van der Waals surface area contributed by atoms with Crippen molar-refractivity contribution in [2.45, 2.75) is 32.7 Å². The molecule has 1 aromatic rings. The fourth-order valence-corrected chi connectivity index (χ4v) is 2.07. The summed E-state index contributed by atoms with van der Waals surface area (Å²) >= 11 is 1.77.